The van der Waals surface area contributed by atoms with E-state index < -0.39 is 0 Å². The lowest BCUT2D eigenvalue weighted by Gasteiger charge is -2.20. The van der Waals surface area contributed by atoms with Crippen molar-refractivity contribution in [3.63, 3.8) is 0 Å². The van der Waals surface area contributed by atoms with Gasteiger partial charge in [0.1, 0.15) is 22.9 Å². The number of imidazole rings is 1. The van der Waals surface area contributed by atoms with Crippen LogP contribution in [0.3, 0.4) is 0 Å². The van der Waals surface area contributed by atoms with E-state index in [0.29, 0.717) is 0 Å². The van der Waals surface area contributed by atoms with E-state index in [1.165, 1.54) is 0 Å². The van der Waals surface area contributed by atoms with Crippen LogP contribution >= 0.6 is 0 Å². The molecule has 1 aliphatic rings. The van der Waals surface area contributed by atoms with Crippen LogP contribution in [0.25, 0.3) is 11.4 Å². The molecule has 3 aromatic rings. The number of rotatable bonds is 5. The van der Waals surface area contributed by atoms with Gasteiger partial charge in [0.05, 0.1) is 22.8 Å². The summed E-state index contributed by atoms with van der Waals surface area (Å²) in [6, 6.07) is 6.16. The summed E-state index contributed by atoms with van der Waals surface area (Å²) < 4.78 is 3.79. The molecule has 33 heavy (non-hydrogen) atoms. The molecular formula is C25H34N8. The number of aromatic nitrogens is 5. The van der Waals surface area contributed by atoms with Gasteiger partial charge in [0, 0.05) is 31.2 Å². The minimum Gasteiger partial charge on any atom is -0.357 e. The Morgan fingerprint density at radius 3 is 2.27 bits per heavy atom. The standard InChI is InChI=1S/C25H34N8/c1-10-32(11-2)20-13-12-18(16(4)26-20)27-21-17(5)29-33-22(19-14-15(3)31(9)30-19)23(25(6,7)8)28-24(21)33/h12-14H,10-11H2,1-9H3. The zero-order chi connectivity index (χ0) is 24.1. The number of hydrogen-bond acceptors (Lipinski definition) is 6. The van der Waals surface area contributed by atoms with Crippen molar-refractivity contribution in [2.24, 2.45) is 17.1 Å². The molecule has 1 aliphatic heterocycles. The van der Waals surface area contributed by atoms with Crippen LogP contribution in [-0.2, 0) is 12.5 Å². The van der Waals surface area contributed by atoms with Crippen LogP contribution in [0.4, 0.5) is 11.5 Å². The van der Waals surface area contributed by atoms with Crippen LogP contribution in [0.2, 0.25) is 0 Å². The highest BCUT2D eigenvalue weighted by Crippen LogP contribution is 2.36. The molecule has 174 valence electrons. The molecule has 0 N–H and O–H groups in total. The Hall–Kier alpha value is -3.29. The van der Waals surface area contributed by atoms with Gasteiger partial charge in [0.2, 0.25) is 0 Å². The van der Waals surface area contributed by atoms with E-state index in [9.17, 15) is 0 Å². The number of hydrogen-bond donors (Lipinski definition) is 0. The largest absolute Gasteiger partial charge is 0.357 e. The second-order valence-electron chi connectivity index (χ2n) is 9.58. The first-order valence-corrected chi connectivity index (χ1v) is 11.6. The summed E-state index contributed by atoms with van der Waals surface area (Å²) in [5.74, 6) is 1.73. The van der Waals surface area contributed by atoms with Gasteiger partial charge in [-0.1, -0.05) is 20.8 Å². The summed E-state index contributed by atoms with van der Waals surface area (Å²) in [5.41, 5.74) is 7.01. The highest BCUT2D eigenvalue weighted by atomic mass is 15.4. The molecule has 0 saturated heterocycles. The lowest BCUT2D eigenvalue weighted by molar-refractivity contribution is 0.572. The van der Waals surface area contributed by atoms with E-state index in [0.717, 1.165) is 70.3 Å². The van der Waals surface area contributed by atoms with E-state index in [-0.39, 0.29) is 5.41 Å². The summed E-state index contributed by atoms with van der Waals surface area (Å²) in [6.45, 7) is 18.6. The molecule has 8 heteroatoms. The third-order valence-corrected chi connectivity index (χ3v) is 6.09. The van der Waals surface area contributed by atoms with E-state index in [4.69, 9.17) is 25.2 Å². The Morgan fingerprint density at radius 2 is 1.73 bits per heavy atom. The van der Waals surface area contributed by atoms with Crippen LogP contribution in [0, 0.1) is 13.8 Å². The molecule has 4 heterocycles. The molecule has 8 nitrogen and oxygen atoms in total. The first kappa shape index (κ1) is 22.9. The second kappa shape index (κ2) is 8.24. The second-order valence-corrected chi connectivity index (χ2v) is 9.58. The fourth-order valence-electron chi connectivity index (χ4n) is 4.08. The average Bonchev–Trinajstić information content (AvgIpc) is 3.37. The van der Waals surface area contributed by atoms with Crippen molar-refractivity contribution in [1.82, 2.24) is 24.4 Å². The Morgan fingerprint density at radius 1 is 1.03 bits per heavy atom. The Bertz CT molecular complexity index is 1240. The maximum atomic E-state index is 5.05. The van der Waals surface area contributed by atoms with Gasteiger partial charge in [-0.05, 0) is 52.8 Å². The van der Waals surface area contributed by atoms with Crippen molar-refractivity contribution in [2.75, 3.05) is 18.0 Å². The van der Waals surface area contributed by atoms with E-state index in [1.54, 1.807) is 0 Å². The summed E-state index contributed by atoms with van der Waals surface area (Å²) in [6.07, 6.45) is 0. The van der Waals surface area contributed by atoms with E-state index in [2.05, 4.69) is 45.6 Å². The van der Waals surface area contributed by atoms with Crippen LogP contribution in [0.1, 0.15) is 64.4 Å². The Kier molecular flexibility index (Phi) is 5.72. The predicted octanol–water partition coefficient (Wildman–Crippen LogP) is 4.80. The minimum absolute atomic E-state index is 0.171. The van der Waals surface area contributed by atoms with Crippen molar-refractivity contribution in [2.45, 2.75) is 60.8 Å². The topological polar surface area (TPSA) is 76.5 Å². The maximum absolute atomic E-state index is 5.05. The lowest BCUT2D eigenvalue weighted by atomic mass is 9.90. The molecule has 0 atom stereocenters. The third kappa shape index (κ3) is 3.98. The molecule has 0 saturated carbocycles. The summed E-state index contributed by atoms with van der Waals surface area (Å²) in [5, 5.41) is 9.57. The van der Waals surface area contributed by atoms with E-state index in [1.807, 2.05) is 49.3 Å². The van der Waals surface area contributed by atoms with Gasteiger partial charge in [-0.3, -0.25) is 4.68 Å². The third-order valence-electron chi connectivity index (χ3n) is 6.09. The van der Waals surface area contributed by atoms with Crippen LogP contribution in [0.5, 0.6) is 0 Å². The van der Waals surface area contributed by atoms with Gasteiger partial charge in [0.25, 0.3) is 0 Å². The normalized spacial score (nSPS) is 14.7. The van der Waals surface area contributed by atoms with Crippen molar-refractivity contribution >= 4 is 22.9 Å². The molecule has 4 rings (SSSR count). The highest BCUT2D eigenvalue weighted by Gasteiger charge is 2.34. The van der Waals surface area contributed by atoms with Crippen LogP contribution in [-0.4, -0.2) is 48.9 Å². The molecule has 0 unspecified atom stereocenters. The SMILES string of the molecule is CCN(CC)c1ccc(N=C2C(C)=Nn3c2nc(C(C)(C)C)c3-c2cc(C)n(C)n2)c(C)n1. The van der Waals surface area contributed by atoms with Gasteiger partial charge in [-0.15, -0.1) is 0 Å². The molecule has 0 bridgehead atoms. The fourth-order valence-corrected chi connectivity index (χ4v) is 4.08. The van der Waals surface area contributed by atoms with Gasteiger partial charge >= 0.3 is 0 Å². The van der Waals surface area contributed by atoms with Crippen molar-refractivity contribution in [1.29, 1.82) is 0 Å². The minimum atomic E-state index is -0.171. The first-order valence-electron chi connectivity index (χ1n) is 11.6. The first-order chi connectivity index (χ1) is 15.5. The lowest BCUT2D eigenvalue weighted by Crippen LogP contribution is -2.23. The van der Waals surface area contributed by atoms with Crippen molar-refractivity contribution in [3.8, 4) is 11.4 Å². The van der Waals surface area contributed by atoms with E-state index >= 15 is 0 Å². The Labute approximate surface area is 196 Å². The summed E-state index contributed by atoms with van der Waals surface area (Å²) in [4.78, 5) is 17.1. The van der Waals surface area contributed by atoms with Crippen LogP contribution in [0.15, 0.2) is 28.3 Å². The number of aryl methyl sites for hydroxylation is 3. The fraction of sp³-hybridized carbons (Fsp3) is 0.480. The van der Waals surface area contributed by atoms with Crippen LogP contribution < -0.4 is 4.90 Å². The number of nitrogens with zero attached hydrogens (tertiary/aromatic N) is 8. The molecule has 3 aromatic heterocycles. The van der Waals surface area contributed by atoms with Crippen molar-refractivity contribution < 1.29 is 0 Å². The Balaban J connectivity index is 1.85. The number of fused-ring (bicyclic) bond motifs is 1. The van der Waals surface area contributed by atoms with Gasteiger partial charge < -0.3 is 4.90 Å². The van der Waals surface area contributed by atoms with Gasteiger partial charge in [-0.25, -0.2) is 19.6 Å². The molecular weight excluding hydrogens is 412 g/mol. The van der Waals surface area contributed by atoms with Crippen molar-refractivity contribution in [3.05, 3.63) is 41.1 Å². The molecule has 0 spiro atoms. The summed E-state index contributed by atoms with van der Waals surface area (Å²) in [7, 11) is 1.95. The van der Waals surface area contributed by atoms with Gasteiger partial charge in [-0.2, -0.15) is 10.2 Å². The summed E-state index contributed by atoms with van der Waals surface area (Å²) >= 11 is 0. The maximum Gasteiger partial charge on any atom is 0.182 e. The molecule has 0 fully saturated rings. The highest BCUT2D eigenvalue weighted by molar-refractivity contribution is 6.48. The van der Waals surface area contributed by atoms with Gasteiger partial charge in [0.15, 0.2) is 5.82 Å². The number of anilines is 1. The predicted molar refractivity (Wildman–Crippen MR) is 135 cm³/mol. The molecule has 0 aliphatic carbocycles. The monoisotopic (exact) mass is 446 g/mol. The molecule has 0 radical (unpaired) electrons. The number of pyridine rings is 1. The molecule has 0 aromatic carbocycles. The number of aliphatic imine (C=N–C) groups is 1. The zero-order valence-electron chi connectivity index (χ0n) is 21.2. The molecule has 0 amide bonds. The quantitative estimate of drug-likeness (QED) is 0.564. The average molecular weight is 447 g/mol. The smallest absolute Gasteiger partial charge is 0.182 e. The zero-order valence-corrected chi connectivity index (χ0v) is 21.2.